The van der Waals surface area contributed by atoms with Gasteiger partial charge in [0, 0.05) is 0 Å². The first-order chi connectivity index (χ1) is 11.5. The third kappa shape index (κ3) is 4.48. The van der Waals surface area contributed by atoms with Crippen molar-refractivity contribution in [2.24, 2.45) is 5.92 Å². The summed E-state index contributed by atoms with van der Waals surface area (Å²) < 4.78 is 10.9. The largest absolute Gasteiger partial charge is 0.493 e. The molecular formula is C17H23N3O4. The van der Waals surface area contributed by atoms with Crippen LogP contribution in [0.1, 0.15) is 30.0 Å². The fraction of sp³-hybridized carbons (Fsp3) is 0.412. The molecule has 1 amide bonds. The minimum absolute atomic E-state index is 0.113. The number of ether oxygens (including phenoxy) is 2. The summed E-state index contributed by atoms with van der Waals surface area (Å²) in [6, 6.07) is 8.64. The van der Waals surface area contributed by atoms with Crippen LogP contribution in [-0.4, -0.2) is 41.0 Å². The molecule has 1 heterocycles. The van der Waals surface area contributed by atoms with E-state index in [0.29, 0.717) is 17.2 Å². The van der Waals surface area contributed by atoms with Gasteiger partial charge in [0.25, 0.3) is 5.91 Å². The number of nitrogens with one attached hydrogen (secondary N) is 2. The third-order valence-electron chi connectivity index (χ3n) is 3.63. The third-order valence-corrected chi connectivity index (χ3v) is 3.63. The number of aromatic nitrogens is 2. The molecule has 0 aliphatic carbocycles. The first-order valence-electron chi connectivity index (χ1n) is 7.77. The van der Waals surface area contributed by atoms with Gasteiger partial charge in [-0.05, 0) is 24.1 Å². The minimum atomic E-state index is -0.331. The second kappa shape index (κ2) is 8.35. The highest BCUT2D eigenvalue weighted by Crippen LogP contribution is 2.26. The van der Waals surface area contributed by atoms with Gasteiger partial charge >= 0.3 is 0 Å². The molecule has 0 saturated heterocycles. The van der Waals surface area contributed by atoms with Gasteiger partial charge in [-0.1, -0.05) is 26.0 Å². The summed E-state index contributed by atoms with van der Waals surface area (Å²) in [6.07, 6.45) is 0. The van der Waals surface area contributed by atoms with E-state index in [2.05, 4.69) is 15.5 Å². The van der Waals surface area contributed by atoms with Crippen molar-refractivity contribution in [1.82, 2.24) is 15.5 Å². The van der Waals surface area contributed by atoms with Crippen LogP contribution in [0.15, 0.2) is 30.3 Å². The van der Waals surface area contributed by atoms with E-state index in [4.69, 9.17) is 9.47 Å². The maximum absolute atomic E-state index is 12.1. The standard InChI is InChI=1S/C17H23N3O4/c1-11(2)14(9-21)18-17(22)13-8-12(19-20-13)10-24-16-7-5-4-6-15(16)23-3/h4-8,11,14,21H,9-10H2,1-3H3,(H,18,22)(H,19,20)/t14-/m1/s1. The van der Waals surface area contributed by atoms with E-state index in [1.807, 2.05) is 32.0 Å². The van der Waals surface area contributed by atoms with Crippen LogP contribution < -0.4 is 14.8 Å². The molecule has 0 aliphatic rings. The molecular weight excluding hydrogens is 310 g/mol. The van der Waals surface area contributed by atoms with E-state index in [1.165, 1.54) is 0 Å². The fourth-order valence-corrected chi connectivity index (χ4v) is 2.11. The lowest BCUT2D eigenvalue weighted by atomic mass is 10.1. The van der Waals surface area contributed by atoms with Crippen molar-refractivity contribution in [3.63, 3.8) is 0 Å². The number of hydrogen-bond donors (Lipinski definition) is 3. The zero-order chi connectivity index (χ0) is 17.5. The lowest BCUT2D eigenvalue weighted by Crippen LogP contribution is -2.41. The molecule has 0 unspecified atom stereocenters. The lowest BCUT2D eigenvalue weighted by Gasteiger charge is -2.18. The summed E-state index contributed by atoms with van der Waals surface area (Å²) in [7, 11) is 1.58. The molecule has 1 aromatic heterocycles. The predicted octanol–water partition coefficient (Wildman–Crippen LogP) is 1.74. The summed E-state index contributed by atoms with van der Waals surface area (Å²) >= 11 is 0. The van der Waals surface area contributed by atoms with E-state index < -0.39 is 0 Å². The molecule has 3 N–H and O–H groups in total. The SMILES string of the molecule is COc1ccccc1OCc1cc(C(=O)N[C@H](CO)C(C)C)n[nH]1. The Morgan fingerprint density at radius 1 is 1.33 bits per heavy atom. The molecule has 0 aliphatic heterocycles. The van der Waals surface area contributed by atoms with Crippen LogP contribution in [-0.2, 0) is 6.61 Å². The number of nitrogens with zero attached hydrogens (tertiary/aromatic N) is 1. The molecule has 1 atom stereocenters. The fourth-order valence-electron chi connectivity index (χ4n) is 2.11. The number of amides is 1. The van der Waals surface area contributed by atoms with E-state index in [0.717, 1.165) is 0 Å². The number of H-pyrrole nitrogens is 1. The molecule has 0 fully saturated rings. The van der Waals surface area contributed by atoms with Gasteiger partial charge in [-0.25, -0.2) is 0 Å². The number of hydrogen-bond acceptors (Lipinski definition) is 5. The number of aliphatic hydroxyl groups excluding tert-OH is 1. The van der Waals surface area contributed by atoms with Crippen molar-refractivity contribution in [1.29, 1.82) is 0 Å². The van der Waals surface area contributed by atoms with E-state index in [9.17, 15) is 9.90 Å². The maximum atomic E-state index is 12.1. The molecule has 2 rings (SSSR count). The number of benzene rings is 1. The quantitative estimate of drug-likeness (QED) is 0.684. The summed E-state index contributed by atoms with van der Waals surface area (Å²) in [5.41, 5.74) is 0.920. The Morgan fingerprint density at radius 2 is 2.04 bits per heavy atom. The van der Waals surface area contributed by atoms with Gasteiger partial charge in [0.15, 0.2) is 11.5 Å². The second-order valence-corrected chi connectivity index (χ2v) is 5.72. The van der Waals surface area contributed by atoms with E-state index >= 15 is 0 Å². The molecule has 24 heavy (non-hydrogen) atoms. The molecule has 1 aromatic carbocycles. The molecule has 0 radical (unpaired) electrons. The topological polar surface area (TPSA) is 96.5 Å². The first-order valence-corrected chi connectivity index (χ1v) is 7.77. The van der Waals surface area contributed by atoms with Crippen LogP contribution >= 0.6 is 0 Å². The van der Waals surface area contributed by atoms with Crippen LogP contribution in [0.4, 0.5) is 0 Å². The molecule has 0 spiro atoms. The highest BCUT2D eigenvalue weighted by atomic mass is 16.5. The molecule has 2 aromatic rings. The van der Waals surface area contributed by atoms with Gasteiger partial charge in [-0.3, -0.25) is 9.89 Å². The summed E-state index contributed by atoms with van der Waals surface area (Å²) in [4.78, 5) is 12.1. The summed E-state index contributed by atoms with van der Waals surface area (Å²) in [5.74, 6) is 1.05. The summed E-state index contributed by atoms with van der Waals surface area (Å²) in [5, 5.41) is 18.8. The first kappa shape index (κ1) is 17.8. The predicted molar refractivity (Wildman–Crippen MR) is 89.1 cm³/mol. The van der Waals surface area contributed by atoms with Crippen molar-refractivity contribution in [3.05, 3.63) is 41.7 Å². The number of aromatic amines is 1. The van der Waals surface area contributed by atoms with Gasteiger partial charge in [0.2, 0.25) is 0 Å². The number of carbonyl (C=O) groups excluding carboxylic acids is 1. The Bertz CT molecular complexity index is 669. The maximum Gasteiger partial charge on any atom is 0.272 e. The number of carbonyl (C=O) groups is 1. The van der Waals surface area contributed by atoms with Crippen LogP contribution in [0.25, 0.3) is 0 Å². The Morgan fingerprint density at radius 3 is 2.67 bits per heavy atom. The van der Waals surface area contributed by atoms with Crippen molar-refractivity contribution in [2.45, 2.75) is 26.5 Å². The number of methoxy groups -OCH3 is 1. The zero-order valence-electron chi connectivity index (χ0n) is 14.1. The van der Waals surface area contributed by atoms with Crippen molar-refractivity contribution >= 4 is 5.91 Å². The molecule has 0 saturated carbocycles. The number of para-hydroxylation sites is 2. The van der Waals surface area contributed by atoms with E-state index in [-0.39, 0.29) is 36.8 Å². The van der Waals surface area contributed by atoms with Gasteiger partial charge in [0.05, 0.1) is 25.5 Å². The van der Waals surface area contributed by atoms with Gasteiger partial charge < -0.3 is 19.9 Å². The van der Waals surface area contributed by atoms with Gasteiger partial charge in [-0.2, -0.15) is 5.10 Å². The van der Waals surface area contributed by atoms with Crippen molar-refractivity contribution in [3.8, 4) is 11.5 Å². The Balaban J connectivity index is 1.96. The average Bonchev–Trinajstić information content (AvgIpc) is 3.06. The smallest absolute Gasteiger partial charge is 0.272 e. The zero-order valence-corrected chi connectivity index (χ0v) is 14.1. The highest BCUT2D eigenvalue weighted by Gasteiger charge is 2.18. The lowest BCUT2D eigenvalue weighted by molar-refractivity contribution is 0.0891. The van der Waals surface area contributed by atoms with Crippen LogP contribution in [0.5, 0.6) is 11.5 Å². The average molecular weight is 333 g/mol. The number of rotatable bonds is 8. The van der Waals surface area contributed by atoms with Gasteiger partial charge in [0.1, 0.15) is 12.3 Å². The van der Waals surface area contributed by atoms with Crippen LogP contribution in [0, 0.1) is 5.92 Å². The van der Waals surface area contributed by atoms with Crippen LogP contribution in [0.2, 0.25) is 0 Å². The molecule has 130 valence electrons. The Hall–Kier alpha value is -2.54. The van der Waals surface area contributed by atoms with E-state index in [1.54, 1.807) is 19.2 Å². The molecule has 7 heteroatoms. The van der Waals surface area contributed by atoms with Gasteiger partial charge in [-0.15, -0.1) is 0 Å². The second-order valence-electron chi connectivity index (χ2n) is 5.72. The molecule has 0 bridgehead atoms. The van der Waals surface area contributed by atoms with Crippen molar-refractivity contribution in [2.75, 3.05) is 13.7 Å². The highest BCUT2D eigenvalue weighted by molar-refractivity contribution is 5.92. The normalized spacial score (nSPS) is 12.0. The Kier molecular flexibility index (Phi) is 6.20. The van der Waals surface area contributed by atoms with Crippen molar-refractivity contribution < 1.29 is 19.4 Å². The number of aliphatic hydroxyl groups is 1. The summed E-state index contributed by atoms with van der Waals surface area (Å²) in [6.45, 7) is 3.97. The minimum Gasteiger partial charge on any atom is -0.493 e. The molecule has 7 nitrogen and oxygen atoms in total. The van der Waals surface area contributed by atoms with Crippen LogP contribution in [0.3, 0.4) is 0 Å². The Labute approximate surface area is 141 Å². The monoisotopic (exact) mass is 333 g/mol.